The molecule has 14 nitrogen and oxygen atoms in total. The van der Waals surface area contributed by atoms with Gasteiger partial charge >= 0.3 is 0 Å². The normalized spacial score (nSPS) is 24.5. The summed E-state index contributed by atoms with van der Waals surface area (Å²) in [4.78, 5) is -4.87. The van der Waals surface area contributed by atoms with Crippen LogP contribution in [-0.2, 0) is 35.9 Å². The average Bonchev–Trinajstić information content (AvgIpc) is 3.35. The zero-order chi connectivity index (χ0) is 48.4. The van der Waals surface area contributed by atoms with Gasteiger partial charge in [-0.25, -0.2) is 8.78 Å². The molecular weight excluding hydrogens is 915 g/mol. The van der Waals surface area contributed by atoms with Crippen molar-refractivity contribution in [3.63, 3.8) is 0 Å². The summed E-state index contributed by atoms with van der Waals surface area (Å²) in [6.45, 7) is -1.76. The van der Waals surface area contributed by atoms with Crippen molar-refractivity contribution in [2.75, 3.05) is 37.1 Å². The molecule has 0 unspecified atom stereocenters. The molecular formula is C52H54F2N2O12S. The molecule has 2 aliphatic heterocycles. The number of halogens is 2. The number of aliphatic hydroxyl groups is 6. The summed E-state index contributed by atoms with van der Waals surface area (Å²) in [5.74, 6) is 0.520. The Morgan fingerprint density at radius 2 is 0.812 bits per heavy atom. The van der Waals surface area contributed by atoms with E-state index in [1.165, 1.54) is 24.3 Å². The Morgan fingerprint density at radius 1 is 0.493 bits per heavy atom. The smallest absolute Gasteiger partial charge is 0.164 e. The summed E-state index contributed by atoms with van der Waals surface area (Å²) in [7, 11) is 0. The van der Waals surface area contributed by atoms with Crippen LogP contribution in [-0.4, -0.2) is 103 Å². The standard InChI is InChI=1S/C52H54F2N2O12S/c53-37-15-11-35(12-16-37)29-65-43-21-39(19-41(23-43)63-27-33-7-3-1-4-8-33)55-49-45(59)31-67-47(25-57)51(49,61)69-52(62)48(26-58)68-32-46(60)50(52)56-40-20-42(64-28-34-9-5-2-6-10-34)24-44(22-40)66-30-36-13-17-38(54)18-14-36/h1-24,45-50,55-62H,25-32H2/t45-,46-,47+,48+,49-,50-,51-,52-/m0/s1. The molecule has 0 aliphatic carbocycles. The fraction of sp³-hybridized carbons (Fsp3) is 0.308. The zero-order valence-electron chi connectivity index (χ0n) is 37.3. The van der Waals surface area contributed by atoms with Crippen LogP contribution in [0.4, 0.5) is 20.2 Å². The molecule has 2 aliphatic rings. The molecule has 6 aromatic rings. The van der Waals surface area contributed by atoms with E-state index >= 15 is 0 Å². The van der Waals surface area contributed by atoms with Gasteiger partial charge in [-0.1, -0.05) is 96.7 Å². The molecule has 6 aromatic carbocycles. The molecule has 0 bridgehead atoms. The summed E-state index contributed by atoms with van der Waals surface area (Å²) < 4.78 is 63.6. The van der Waals surface area contributed by atoms with Crippen molar-refractivity contribution in [1.29, 1.82) is 0 Å². The van der Waals surface area contributed by atoms with E-state index in [2.05, 4.69) is 10.6 Å². The van der Waals surface area contributed by atoms with E-state index in [1.807, 2.05) is 60.7 Å². The maximum atomic E-state index is 13.7. The fourth-order valence-corrected chi connectivity index (χ4v) is 9.84. The first-order valence-electron chi connectivity index (χ1n) is 22.3. The van der Waals surface area contributed by atoms with Gasteiger partial charge in [0.05, 0.1) is 38.5 Å². The first-order valence-corrected chi connectivity index (χ1v) is 23.1. The van der Waals surface area contributed by atoms with Crippen LogP contribution >= 0.6 is 11.8 Å². The second-order valence-corrected chi connectivity index (χ2v) is 18.3. The molecule has 364 valence electrons. The van der Waals surface area contributed by atoms with Gasteiger partial charge < -0.3 is 69.7 Å². The molecule has 2 heterocycles. The van der Waals surface area contributed by atoms with E-state index in [0.717, 1.165) is 11.1 Å². The Hall–Kier alpha value is -5.99. The lowest BCUT2D eigenvalue weighted by atomic mass is 9.95. The van der Waals surface area contributed by atoms with Gasteiger partial charge in [-0.15, -0.1) is 0 Å². The predicted molar refractivity (Wildman–Crippen MR) is 254 cm³/mol. The largest absolute Gasteiger partial charge is 0.489 e. The third-order valence-electron chi connectivity index (χ3n) is 11.7. The second-order valence-electron chi connectivity index (χ2n) is 16.8. The third kappa shape index (κ3) is 12.4. The van der Waals surface area contributed by atoms with Crippen LogP contribution in [0, 0.1) is 11.6 Å². The summed E-state index contributed by atoms with van der Waals surface area (Å²) in [5, 5.41) is 77.1. The molecule has 8 atom stereocenters. The first kappa shape index (κ1) is 49.4. The number of rotatable bonds is 20. The Bertz CT molecular complexity index is 2390. The highest BCUT2D eigenvalue weighted by Gasteiger charge is 2.62. The SMILES string of the molecule is OC[C@H]1OC[C@H](O)[C@H](Nc2cc(OCc3ccccc3)cc(OCc3ccc(F)cc3)c2)[C@@]1(O)S[C@@]1(O)[C@@H](CO)OC[C@H](O)[C@@H]1Nc1cc(OCc2ccccc2)cc(OCc2ccc(F)cc2)c1. The maximum Gasteiger partial charge on any atom is 0.164 e. The Labute approximate surface area is 402 Å². The molecule has 0 radical (unpaired) electrons. The van der Waals surface area contributed by atoms with Crippen LogP contribution < -0.4 is 29.6 Å². The number of anilines is 2. The van der Waals surface area contributed by atoms with Crippen LogP contribution in [0.2, 0.25) is 0 Å². The van der Waals surface area contributed by atoms with E-state index in [4.69, 9.17) is 28.4 Å². The van der Waals surface area contributed by atoms with Gasteiger partial charge in [-0.3, -0.25) is 0 Å². The van der Waals surface area contributed by atoms with Crippen molar-refractivity contribution < 1.29 is 67.8 Å². The molecule has 0 amide bonds. The zero-order valence-corrected chi connectivity index (χ0v) is 38.1. The van der Waals surface area contributed by atoms with Gasteiger partial charge in [0.25, 0.3) is 0 Å². The molecule has 8 rings (SSSR count). The van der Waals surface area contributed by atoms with E-state index in [9.17, 15) is 39.4 Å². The van der Waals surface area contributed by atoms with E-state index in [1.54, 1.807) is 60.7 Å². The summed E-state index contributed by atoms with van der Waals surface area (Å²) in [5.41, 5.74) is 3.71. The molecule has 69 heavy (non-hydrogen) atoms. The highest BCUT2D eigenvalue weighted by Crippen LogP contribution is 2.50. The Balaban J connectivity index is 1.10. The van der Waals surface area contributed by atoms with Crippen molar-refractivity contribution in [3.05, 3.63) is 179 Å². The van der Waals surface area contributed by atoms with Crippen LogP contribution in [0.5, 0.6) is 23.0 Å². The molecule has 0 spiro atoms. The molecule has 0 saturated carbocycles. The van der Waals surface area contributed by atoms with Gasteiger partial charge in [0.15, 0.2) is 9.87 Å². The second kappa shape index (κ2) is 22.6. The number of benzene rings is 6. The number of hydrogen-bond acceptors (Lipinski definition) is 15. The molecule has 8 N–H and O–H groups in total. The lowest BCUT2D eigenvalue weighted by Crippen LogP contribution is -2.71. The quantitative estimate of drug-likeness (QED) is 0.0405. The van der Waals surface area contributed by atoms with Crippen LogP contribution in [0.15, 0.2) is 146 Å². The minimum atomic E-state index is -2.44. The highest BCUT2D eigenvalue weighted by atomic mass is 32.2. The van der Waals surface area contributed by atoms with Gasteiger partial charge in [0, 0.05) is 47.8 Å². The van der Waals surface area contributed by atoms with Crippen LogP contribution in [0.1, 0.15) is 22.3 Å². The third-order valence-corrected chi connectivity index (χ3v) is 13.4. The lowest BCUT2D eigenvalue weighted by molar-refractivity contribution is -0.174. The van der Waals surface area contributed by atoms with Crippen LogP contribution in [0.25, 0.3) is 0 Å². The average molecular weight is 969 g/mol. The van der Waals surface area contributed by atoms with Gasteiger partial charge in [-0.05, 0) is 46.5 Å². The van der Waals surface area contributed by atoms with Gasteiger partial charge in [-0.2, -0.15) is 0 Å². The molecule has 0 aromatic heterocycles. The number of aliphatic hydroxyl groups excluding tert-OH is 4. The van der Waals surface area contributed by atoms with Gasteiger partial charge in [0.2, 0.25) is 0 Å². The predicted octanol–water partition coefficient (Wildman–Crippen LogP) is 6.16. The first-order chi connectivity index (χ1) is 33.4. The topological polar surface area (TPSA) is 201 Å². The van der Waals surface area contributed by atoms with Crippen molar-refractivity contribution in [1.82, 2.24) is 0 Å². The number of nitrogens with one attached hydrogen (secondary N) is 2. The molecule has 2 fully saturated rings. The maximum absolute atomic E-state index is 13.7. The minimum absolute atomic E-state index is 0.0599. The summed E-state index contributed by atoms with van der Waals surface area (Å²) in [6, 6.07) is 37.5. The van der Waals surface area contributed by atoms with Crippen molar-refractivity contribution in [2.24, 2.45) is 0 Å². The molecule has 2 saturated heterocycles. The highest BCUT2D eigenvalue weighted by molar-refractivity contribution is 8.01. The number of thioether (sulfide) groups is 1. The van der Waals surface area contributed by atoms with Crippen LogP contribution in [0.3, 0.4) is 0 Å². The number of hydrogen-bond donors (Lipinski definition) is 8. The van der Waals surface area contributed by atoms with E-state index in [0.29, 0.717) is 45.9 Å². The Kier molecular flexibility index (Phi) is 16.2. The van der Waals surface area contributed by atoms with Gasteiger partial charge in [0.1, 0.15) is 85.5 Å². The van der Waals surface area contributed by atoms with Crippen molar-refractivity contribution in [3.8, 4) is 23.0 Å². The lowest BCUT2D eigenvalue weighted by Gasteiger charge is -2.54. The molecule has 17 heteroatoms. The van der Waals surface area contributed by atoms with Crippen molar-refractivity contribution in [2.45, 2.75) is 72.8 Å². The Morgan fingerprint density at radius 3 is 1.13 bits per heavy atom. The fourth-order valence-electron chi connectivity index (χ4n) is 8.08. The minimum Gasteiger partial charge on any atom is -0.489 e. The van der Waals surface area contributed by atoms with E-state index < -0.39 is 71.2 Å². The number of ether oxygens (including phenoxy) is 6. The van der Waals surface area contributed by atoms with Crippen molar-refractivity contribution >= 4 is 23.1 Å². The summed E-state index contributed by atoms with van der Waals surface area (Å²) >= 11 is 0.433. The monoisotopic (exact) mass is 968 g/mol. The summed E-state index contributed by atoms with van der Waals surface area (Å²) in [6.07, 6.45) is -5.86. The van der Waals surface area contributed by atoms with E-state index in [-0.39, 0.29) is 51.0 Å².